The molecule has 0 spiro atoms. The number of rotatable bonds is 5. The maximum atomic E-state index is 11.7. The fourth-order valence-corrected chi connectivity index (χ4v) is 2.75. The Morgan fingerprint density at radius 1 is 1.38 bits per heavy atom. The number of aromatic nitrogens is 1. The molecule has 0 saturated carbocycles. The van der Waals surface area contributed by atoms with Gasteiger partial charge in [-0.2, -0.15) is 4.37 Å². The molecule has 0 aliphatic heterocycles. The molecule has 1 aromatic carbocycles. The number of carbonyl (C=O) groups excluding carboxylic acids is 1. The highest BCUT2D eigenvalue weighted by molar-refractivity contribution is 7.11. The zero-order chi connectivity index (χ0) is 17.9. The van der Waals surface area contributed by atoms with Gasteiger partial charge >= 0.3 is 12.0 Å². The minimum atomic E-state index is -1.26. The van der Waals surface area contributed by atoms with E-state index in [1.807, 2.05) is 0 Å². The summed E-state index contributed by atoms with van der Waals surface area (Å²) in [6, 6.07) is 4.57. The summed E-state index contributed by atoms with van der Waals surface area (Å²) in [5.41, 5.74) is 0.376. The van der Waals surface area contributed by atoms with Crippen molar-refractivity contribution < 1.29 is 19.4 Å². The van der Waals surface area contributed by atoms with E-state index in [2.05, 4.69) is 9.69 Å². The lowest BCUT2D eigenvalue weighted by Crippen LogP contribution is -2.27. The van der Waals surface area contributed by atoms with Crippen molar-refractivity contribution in [2.75, 3.05) is 19.4 Å². The van der Waals surface area contributed by atoms with Crippen molar-refractivity contribution >= 4 is 51.7 Å². The molecular formula is C14H13Cl2N3O4S. The van der Waals surface area contributed by atoms with Crippen LogP contribution in [0.4, 0.5) is 9.80 Å². The molecule has 0 aliphatic carbocycles. The molecule has 0 saturated heterocycles. The Morgan fingerprint density at radius 3 is 2.71 bits per heavy atom. The van der Waals surface area contributed by atoms with E-state index in [0.29, 0.717) is 15.6 Å². The number of anilines is 1. The van der Waals surface area contributed by atoms with Gasteiger partial charge in [0.05, 0.1) is 10.0 Å². The fourth-order valence-electron chi connectivity index (χ4n) is 1.66. The second kappa shape index (κ2) is 7.69. The Kier molecular flexibility index (Phi) is 5.87. The second-order valence-electron chi connectivity index (χ2n) is 4.82. The maximum absolute atomic E-state index is 11.7. The highest BCUT2D eigenvalue weighted by Gasteiger charge is 2.24. The van der Waals surface area contributed by atoms with E-state index in [1.54, 1.807) is 18.2 Å². The third kappa shape index (κ3) is 4.08. The monoisotopic (exact) mass is 389 g/mol. The molecule has 2 amide bonds. The lowest BCUT2D eigenvalue weighted by molar-refractivity contribution is 0.0693. The Morgan fingerprint density at radius 2 is 2.08 bits per heavy atom. The van der Waals surface area contributed by atoms with Crippen LogP contribution in [0.2, 0.25) is 10.0 Å². The average molecular weight is 390 g/mol. The van der Waals surface area contributed by atoms with Crippen molar-refractivity contribution in [3.63, 3.8) is 0 Å². The highest BCUT2D eigenvalue weighted by Crippen LogP contribution is 2.32. The van der Waals surface area contributed by atoms with Crippen molar-refractivity contribution in [2.45, 2.75) is 6.61 Å². The number of carbonyl (C=O) groups is 2. The van der Waals surface area contributed by atoms with E-state index in [1.165, 1.54) is 19.0 Å². The molecule has 24 heavy (non-hydrogen) atoms. The van der Waals surface area contributed by atoms with Gasteiger partial charge in [0.25, 0.3) is 0 Å². The van der Waals surface area contributed by atoms with Crippen molar-refractivity contribution in [1.82, 2.24) is 9.27 Å². The molecule has 2 aromatic rings. The van der Waals surface area contributed by atoms with Crippen LogP contribution in [0.15, 0.2) is 18.2 Å². The van der Waals surface area contributed by atoms with Gasteiger partial charge in [0, 0.05) is 19.7 Å². The smallest absolute Gasteiger partial charge is 0.344 e. The van der Waals surface area contributed by atoms with E-state index in [9.17, 15) is 14.7 Å². The SMILES string of the molecule is CN(C)C(=O)Nc1snc(OCc2cccc(Cl)c2Cl)c1C(=O)O. The number of nitrogens with zero attached hydrogens (tertiary/aromatic N) is 2. The molecule has 7 nitrogen and oxygen atoms in total. The van der Waals surface area contributed by atoms with Gasteiger partial charge in [-0.25, -0.2) is 9.59 Å². The number of carboxylic acid groups (broad SMARTS) is 1. The van der Waals surface area contributed by atoms with Crippen LogP contribution >= 0.6 is 34.7 Å². The van der Waals surface area contributed by atoms with Gasteiger partial charge in [-0.15, -0.1) is 0 Å². The van der Waals surface area contributed by atoms with E-state index >= 15 is 0 Å². The Labute approximate surface area is 151 Å². The number of nitrogens with one attached hydrogen (secondary N) is 1. The van der Waals surface area contributed by atoms with E-state index < -0.39 is 12.0 Å². The topological polar surface area (TPSA) is 91.8 Å². The zero-order valence-electron chi connectivity index (χ0n) is 12.7. The van der Waals surface area contributed by atoms with Crippen molar-refractivity contribution in [3.8, 4) is 5.88 Å². The second-order valence-corrected chi connectivity index (χ2v) is 6.38. The summed E-state index contributed by atoms with van der Waals surface area (Å²) in [6.45, 7) is -0.00945. The summed E-state index contributed by atoms with van der Waals surface area (Å²) >= 11 is 12.8. The molecular weight excluding hydrogens is 377 g/mol. The largest absolute Gasteiger partial charge is 0.477 e. The van der Waals surface area contributed by atoms with Gasteiger partial charge in [-0.05, 0) is 17.6 Å². The van der Waals surface area contributed by atoms with Crippen LogP contribution in [0.1, 0.15) is 15.9 Å². The third-order valence-corrected chi connectivity index (χ3v) is 4.50. The molecule has 2 rings (SSSR count). The number of halogens is 2. The molecule has 0 unspecified atom stereocenters. The lowest BCUT2D eigenvalue weighted by Gasteiger charge is -2.11. The number of ether oxygens (including phenoxy) is 1. The first-order valence-electron chi connectivity index (χ1n) is 6.58. The number of aromatic carboxylic acids is 1. The summed E-state index contributed by atoms with van der Waals surface area (Å²) in [4.78, 5) is 24.4. The van der Waals surface area contributed by atoms with Crippen LogP contribution in [-0.4, -0.2) is 40.5 Å². The lowest BCUT2D eigenvalue weighted by atomic mass is 10.2. The average Bonchev–Trinajstić information content (AvgIpc) is 2.91. The molecule has 0 radical (unpaired) electrons. The first kappa shape index (κ1) is 18.3. The zero-order valence-corrected chi connectivity index (χ0v) is 15.0. The number of hydrogen-bond donors (Lipinski definition) is 2. The molecule has 0 bridgehead atoms. The van der Waals surface area contributed by atoms with Gasteiger partial charge in [0.2, 0.25) is 5.88 Å². The van der Waals surface area contributed by atoms with Gasteiger partial charge in [-0.3, -0.25) is 5.32 Å². The van der Waals surface area contributed by atoms with E-state index in [0.717, 1.165) is 11.5 Å². The minimum absolute atomic E-state index is 0.00945. The first-order valence-corrected chi connectivity index (χ1v) is 8.11. The quantitative estimate of drug-likeness (QED) is 0.810. The van der Waals surface area contributed by atoms with Crippen molar-refractivity contribution in [2.24, 2.45) is 0 Å². The molecule has 0 fully saturated rings. The van der Waals surface area contributed by atoms with Crippen LogP contribution in [0.5, 0.6) is 5.88 Å². The molecule has 0 atom stereocenters. The minimum Gasteiger partial charge on any atom is -0.477 e. The summed E-state index contributed by atoms with van der Waals surface area (Å²) in [7, 11) is 3.07. The maximum Gasteiger partial charge on any atom is 0.344 e. The summed E-state index contributed by atoms with van der Waals surface area (Å²) < 4.78 is 9.40. The van der Waals surface area contributed by atoms with Crippen molar-refractivity contribution in [1.29, 1.82) is 0 Å². The van der Waals surface area contributed by atoms with Gasteiger partial charge < -0.3 is 14.7 Å². The van der Waals surface area contributed by atoms with Crippen molar-refractivity contribution in [3.05, 3.63) is 39.4 Å². The van der Waals surface area contributed by atoms with Gasteiger partial charge in [-0.1, -0.05) is 35.3 Å². The van der Waals surface area contributed by atoms with E-state index in [4.69, 9.17) is 27.9 Å². The molecule has 10 heteroatoms. The Hall–Kier alpha value is -2.03. The summed E-state index contributed by atoms with van der Waals surface area (Å²) in [5, 5.41) is 12.6. The normalized spacial score (nSPS) is 10.3. The number of amides is 2. The van der Waals surface area contributed by atoms with Crippen LogP contribution in [0, 0.1) is 0 Å². The molecule has 1 aromatic heterocycles. The predicted octanol–water partition coefficient (Wildman–Crippen LogP) is 3.82. The third-order valence-electron chi connectivity index (χ3n) is 2.90. The summed E-state index contributed by atoms with van der Waals surface area (Å²) in [5.74, 6) is -1.36. The Bertz CT molecular complexity index is 779. The fraction of sp³-hybridized carbons (Fsp3) is 0.214. The number of urea groups is 1. The van der Waals surface area contributed by atoms with Crippen LogP contribution in [0.3, 0.4) is 0 Å². The molecule has 2 N–H and O–H groups in total. The Balaban J connectivity index is 2.21. The standard InChI is InChI=1S/C14H13Cl2N3O4S/c1-19(2)14(22)17-12-9(13(20)21)11(18-24-12)23-6-7-4-3-5-8(15)10(7)16/h3-5H,6H2,1-2H3,(H,17,22)(H,20,21). The highest BCUT2D eigenvalue weighted by atomic mass is 35.5. The summed E-state index contributed by atoms with van der Waals surface area (Å²) in [6.07, 6.45) is 0. The van der Waals surface area contributed by atoms with Crippen LogP contribution < -0.4 is 10.1 Å². The molecule has 0 aliphatic rings. The van der Waals surface area contributed by atoms with Gasteiger partial charge in [0.15, 0.2) is 5.56 Å². The number of benzene rings is 1. The number of hydrogen-bond acceptors (Lipinski definition) is 5. The van der Waals surface area contributed by atoms with E-state index in [-0.39, 0.29) is 23.1 Å². The number of carboxylic acids is 1. The van der Waals surface area contributed by atoms with Gasteiger partial charge in [0.1, 0.15) is 11.6 Å². The molecule has 128 valence electrons. The van der Waals surface area contributed by atoms with Crippen LogP contribution in [0.25, 0.3) is 0 Å². The first-order chi connectivity index (χ1) is 11.3. The van der Waals surface area contributed by atoms with Crippen LogP contribution in [-0.2, 0) is 6.61 Å². The molecule has 1 heterocycles. The predicted molar refractivity (Wildman–Crippen MR) is 92.6 cm³/mol.